The predicted molar refractivity (Wildman–Crippen MR) is 101 cm³/mol. The summed E-state index contributed by atoms with van der Waals surface area (Å²) in [5.41, 5.74) is -0.0845. The minimum atomic E-state index is -0.0845. The second-order valence-corrected chi connectivity index (χ2v) is 9.75. The van der Waals surface area contributed by atoms with Crippen LogP contribution in [0.15, 0.2) is 0 Å². The standard InChI is InChI=1S/C21H34O2S/c22-15-21(13-7-2-8-14-21)16-24-19-12-6-5-11-18(19)20(23)17-9-3-1-4-10-17/h15,17-19H,1-14,16H2. The number of Topliss-reactive ketones (excluding diaryl/α,β-unsaturated/α-hetero) is 1. The zero-order chi connectivity index (χ0) is 16.8. The van der Waals surface area contributed by atoms with Crippen molar-refractivity contribution in [2.45, 2.75) is 95.1 Å². The first kappa shape index (κ1) is 18.5. The molecule has 3 fully saturated rings. The van der Waals surface area contributed by atoms with Gasteiger partial charge >= 0.3 is 0 Å². The first-order valence-corrected chi connectivity index (χ1v) is 11.4. The number of rotatable bonds is 6. The molecule has 2 unspecified atom stereocenters. The van der Waals surface area contributed by atoms with Gasteiger partial charge in [-0.2, -0.15) is 11.8 Å². The molecule has 3 saturated carbocycles. The fourth-order valence-corrected chi connectivity index (χ4v) is 6.88. The van der Waals surface area contributed by atoms with Gasteiger partial charge in [0.25, 0.3) is 0 Å². The van der Waals surface area contributed by atoms with Crippen molar-refractivity contribution in [3.8, 4) is 0 Å². The van der Waals surface area contributed by atoms with Crippen LogP contribution in [0.4, 0.5) is 0 Å². The van der Waals surface area contributed by atoms with Crippen LogP contribution in [-0.4, -0.2) is 23.1 Å². The molecule has 136 valence electrons. The number of carbonyl (C=O) groups is 2. The molecule has 3 aliphatic carbocycles. The second kappa shape index (κ2) is 8.87. The number of carbonyl (C=O) groups excluding carboxylic acids is 2. The first-order valence-electron chi connectivity index (χ1n) is 10.4. The highest BCUT2D eigenvalue weighted by molar-refractivity contribution is 8.00. The average Bonchev–Trinajstić information content (AvgIpc) is 2.67. The molecule has 2 atom stereocenters. The van der Waals surface area contributed by atoms with Crippen LogP contribution in [0.25, 0.3) is 0 Å². The molecule has 0 aliphatic heterocycles. The van der Waals surface area contributed by atoms with E-state index in [1.165, 1.54) is 64.1 Å². The molecule has 0 amide bonds. The summed E-state index contributed by atoms with van der Waals surface area (Å²) in [4.78, 5) is 24.8. The van der Waals surface area contributed by atoms with Gasteiger partial charge < -0.3 is 4.79 Å². The molecular formula is C21H34O2S. The van der Waals surface area contributed by atoms with Crippen molar-refractivity contribution in [3.63, 3.8) is 0 Å². The minimum Gasteiger partial charge on any atom is -0.303 e. The molecular weight excluding hydrogens is 316 g/mol. The Balaban J connectivity index is 1.59. The molecule has 0 spiro atoms. The average molecular weight is 351 g/mol. The molecule has 0 aromatic heterocycles. The number of thioether (sulfide) groups is 1. The summed E-state index contributed by atoms with van der Waals surface area (Å²) in [6.07, 6.45) is 17.9. The third kappa shape index (κ3) is 4.45. The lowest BCUT2D eigenvalue weighted by molar-refractivity contribution is -0.128. The monoisotopic (exact) mass is 350 g/mol. The van der Waals surface area contributed by atoms with E-state index in [0.717, 1.165) is 37.9 Å². The molecule has 0 radical (unpaired) electrons. The lowest BCUT2D eigenvalue weighted by Gasteiger charge is -2.37. The highest BCUT2D eigenvalue weighted by atomic mass is 32.2. The van der Waals surface area contributed by atoms with Crippen LogP contribution < -0.4 is 0 Å². The van der Waals surface area contributed by atoms with Crippen molar-refractivity contribution in [2.75, 3.05) is 5.75 Å². The van der Waals surface area contributed by atoms with Gasteiger partial charge in [0.15, 0.2) is 0 Å². The Bertz CT molecular complexity index is 422. The fourth-order valence-electron chi connectivity index (χ4n) is 5.14. The Kier molecular flexibility index (Phi) is 6.83. The number of hydrogen-bond donors (Lipinski definition) is 0. The van der Waals surface area contributed by atoms with Gasteiger partial charge in [0, 0.05) is 28.3 Å². The van der Waals surface area contributed by atoms with Crippen LogP contribution in [0.3, 0.4) is 0 Å². The Labute approximate surface area is 151 Å². The van der Waals surface area contributed by atoms with Gasteiger partial charge in [0.2, 0.25) is 0 Å². The molecule has 3 rings (SSSR count). The van der Waals surface area contributed by atoms with E-state index in [9.17, 15) is 9.59 Å². The summed E-state index contributed by atoms with van der Waals surface area (Å²) in [6.45, 7) is 0. The maximum atomic E-state index is 13.1. The van der Waals surface area contributed by atoms with Crippen molar-refractivity contribution < 1.29 is 9.59 Å². The SMILES string of the molecule is O=CC1(CSC2CCCCC2C(=O)C2CCCCC2)CCCCC1. The molecule has 0 N–H and O–H groups in total. The van der Waals surface area contributed by atoms with Crippen LogP contribution in [-0.2, 0) is 9.59 Å². The summed E-state index contributed by atoms with van der Waals surface area (Å²) in [7, 11) is 0. The van der Waals surface area contributed by atoms with Crippen LogP contribution in [0.2, 0.25) is 0 Å². The Hall–Kier alpha value is -0.310. The van der Waals surface area contributed by atoms with E-state index < -0.39 is 0 Å². The van der Waals surface area contributed by atoms with E-state index in [-0.39, 0.29) is 11.3 Å². The summed E-state index contributed by atoms with van der Waals surface area (Å²) >= 11 is 1.98. The lowest BCUT2D eigenvalue weighted by atomic mass is 9.76. The lowest BCUT2D eigenvalue weighted by Crippen LogP contribution is -2.36. The largest absolute Gasteiger partial charge is 0.303 e. The third-order valence-electron chi connectivity index (χ3n) is 6.76. The summed E-state index contributed by atoms with van der Waals surface area (Å²) in [5.74, 6) is 2.16. The summed E-state index contributed by atoms with van der Waals surface area (Å²) in [5, 5.41) is 0.479. The van der Waals surface area contributed by atoms with Crippen LogP contribution in [0.5, 0.6) is 0 Å². The van der Waals surface area contributed by atoms with Gasteiger partial charge in [-0.25, -0.2) is 0 Å². The molecule has 0 aromatic carbocycles. The second-order valence-electron chi connectivity index (χ2n) is 8.52. The van der Waals surface area contributed by atoms with Gasteiger partial charge in [0.1, 0.15) is 12.1 Å². The number of aldehydes is 1. The van der Waals surface area contributed by atoms with Gasteiger partial charge in [0.05, 0.1) is 0 Å². The minimum absolute atomic E-state index is 0.0845. The predicted octanol–water partition coefficient (Wildman–Crippen LogP) is 5.58. The molecule has 3 aliphatic rings. The molecule has 0 bridgehead atoms. The van der Waals surface area contributed by atoms with E-state index in [2.05, 4.69) is 0 Å². The molecule has 0 aromatic rings. The van der Waals surface area contributed by atoms with E-state index >= 15 is 0 Å². The zero-order valence-corrected chi connectivity index (χ0v) is 16.0. The van der Waals surface area contributed by atoms with Crippen molar-refractivity contribution in [3.05, 3.63) is 0 Å². The summed E-state index contributed by atoms with van der Waals surface area (Å²) in [6, 6.07) is 0. The molecule has 0 heterocycles. The van der Waals surface area contributed by atoms with Gasteiger partial charge in [-0.1, -0.05) is 51.4 Å². The number of ketones is 1. The first-order chi connectivity index (χ1) is 11.7. The van der Waals surface area contributed by atoms with Crippen molar-refractivity contribution >= 4 is 23.8 Å². The molecule has 24 heavy (non-hydrogen) atoms. The van der Waals surface area contributed by atoms with Crippen LogP contribution in [0.1, 0.15) is 89.9 Å². The quantitative estimate of drug-likeness (QED) is 0.587. The highest BCUT2D eigenvalue weighted by Crippen LogP contribution is 2.43. The molecule has 0 saturated heterocycles. The Morgan fingerprint density at radius 1 is 0.875 bits per heavy atom. The van der Waals surface area contributed by atoms with Gasteiger partial charge in [-0.15, -0.1) is 0 Å². The number of hydrogen-bond acceptors (Lipinski definition) is 3. The van der Waals surface area contributed by atoms with Crippen molar-refractivity contribution in [1.82, 2.24) is 0 Å². The third-order valence-corrected chi connectivity index (χ3v) is 8.49. The molecule has 2 nitrogen and oxygen atoms in total. The molecule has 3 heteroatoms. The van der Waals surface area contributed by atoms with E-state index in [0.29, 0.717) is 17.0 Å². The van der Waals surface area contributed by atoms with E-state index in [1.54, 1.807) is 0 Å². The fraction of sp³-hybridized carbons (Fsp3) is 0.905. The van der Waals surface area contributed by atoms with Crippen molar-refractivity contribution in [1.29, 1.82) is 0 Å². The van der Waals surface area contributed by atoms with E-state index in [4.69, 9.17) is 0 Å². The Morgan fingerprint density at radius 3 is 2.21 bits per heavy atom. The topological polar surface area (TPSA) is 34.1 Å². The van der Waals surface area contributed by atoms with Crippen LogP contribution in [0, 0.1) is 17.3 Å². The highest BCUT2D eigenvalue weighted by Gasteiger charge is 2.38. The maximum absolute atomic E-state index is 13.1. The van der Waals surface area contributed by atoms with E-state index in [1.807, 2.05) is 11.8 Å². The van der Waals surface area contributed by atoms with Gasteiger partial charge in [-0.3, -0.25) is 4.79 Å². The van der Waals surface area contributed by atoms with Gasteiger partial charge in [-0.05, 0) is 38.5 Å². The zero-order valence-electron chi connectivity index (χ0n) is 15.1. The van der Waals surface area contributed by atoms with Crippen molar-refractivity contribution in [2.24, 2.45) is 17.3 Å². The smallest absolute Gasteiger partial charge is 0.140 e. The van der Waals surface area contributed by atoms with Crippen LogP contribution >= 0.6 is 11.8 Å². The summed E-state index contributed by atoms with van der Waals surface area (Å²) < 4.78 is 0. The Morgan fingerprint density at radius 2 is 1.50 bits per heavy atom. The maximum Gasteiger partial charge on any atom is 0.140 e. The normalized spacial score (nSPS) is 31.5.